The van der Waals surface area contributed by atoms with Gasteiger partial charge in [0.25, 0.3) is 10.0 Å². The van der Waals surface area contributed by atoms with Gasteiger partial charge in [-0.05, 0) is 37.0 Å². The van der Waals surface area contributed by atoms with Gasteiger partial charge < -0.3 is 4.98 Å². The molecule has 0 aliphatic heterocycles. The van der Waals surface area contributed by atoms with Gasteiger partial charge in [-0.3, -0.25) is 0 Å². The Labute approximate surface area is 107 Å². The Hall–Kier alpha value is -1.14. The van der Waals surface area contributed by atoms with Crippen LogP contribution in [0, 0.1) is 17.8 Å². The van der Waals surface area contributed by atoms with Crippen LogP contribution in [-0.4, -0.2) is 24.9 Å². The summed E-state index contributed by atoms with van der Waals surface area (Å²) in [4.78, 5) is 6.37. The first-order valence-electron chi connectivity index (χ1n) is 6.32. The highest BCUT2D eigenvalue weighted by Gasteiger charge is 2.35. The van der Waals surface area contributed by atoms with Crippen molar-refractivity contribution in [1.82, 2.24) is 14.7 Å². The minimum atomic E-state index is -3.46. The van der Waals surface area contributed by atoms with E-state index < -0.39 is 10.0 Å². The normalized spacial score (nSPS) is 30.1. The maximum atomic E-state index is 11.8. The molecular weight excluding hydrogens is 250 g/mol. The molecule has 0 aromatic carbocycles. The van der Waals surface area contributed by atoms with Crippen molar-refractivity contribution in [2.45, 2.75) is 24.4 Å². The number of fused-ring (bicyclic) bond motifs is 2. The highest BCUT2D eigenvalue weighted by Crippen LogP contribution is 2.44. The van der Waals surface area contributed by atoms with Gasteiger partial charge in [-0.1, -0.05) is 12.2 Å². The van der Waals surface area contributed by atoms with E-state index >= 15 is 0 Å². The Balaban J connectivity index is 1.52. The lowest BCUT2D eigenvalue weighted by molar-refractivity contribution is 0.415. The van der Waals surface area contributed by atoms with E-state index in [2.05, 4.69) is 26.8 Å². The molecule has 5 nitrogen and oxygen atoms in total. The Bertz CT molecular complexity index is 536. The van der Waals surface area contributed by atoms with Gasteiger partial charge in [-0.15, -0.1) is 0 Å². The summed E-state index contributed by atoms with van der Waals surface area (Å²) < 4.78 is 26.2. The topological polar surface area (TPSA) is 74.8 Å². The summed E-state index contributed by atoms with van der Waals surface area (Å²) >= 11 is 0. The monoisotopic (exact) mass is 267 g/mol. The molecular formula is C12H17N3O2S. The van der Waals surface area contributed by atoms with E-state index in [1.165, 1.54) is 25.2 Å². The third-order valence-corrected chi connectivity index (χ3v) is 5.27. The van der Waals surface area contributed by atoms with Gasteiger partial charge in [-0.2, -0.15) is 0 Å². The minimum absolute atomic E-state index is 0.00432. The SMILES string of the molecule is O=S(=O)(NCC[C@@H]1C[C@@H]2C=C[C@H]1C2)c1ncc[nH]1. The van der Waals surface area contributed by atoms with Crippen LogP contribution < -0.4 is 4.72 Å². The molecule has 2 bridgehead atoms. The molecule has 3 atom stereocenters. The second-order valence-electron chi connectivity index (χ2n) is 5.12. The molecule has 2 aliphatic rings. The number of aromatic amines is 1. The molecule has 6 heteroatoms. The first kappa shape index (κ1) is 11.9. The van der Waals surface area contributed by atoms with Crippen molar-refractivity contribution in [3.8, 4) is 0 Å². The van der Waals surface area contributed by atoms with Gasteiger partial charge in [0.05, 0.1) is 0 Å². The Morgan fingerprint density at radius 3 is 2.89 bits per heavy atom. The summed E-state index contributed by atoms with van der Waals surface area (Å²) in [5.41, 5.74) is 0. The van der Waals surface area contributed by atoms with Crippen molar-refractivity contribution in [1.29, 1.82) is 0 Å². The highest BCUT2D eigenvalue weighted by atomic mass is 32.2. The van der Waals surface area contributed by atoms with Gasteiger partial charge >= 0.3 is 0 Å². The van der Waals surface area contributed by atoms with Crippen LogP contribution in [-0.2, 0) is 10.0 Å². The van der Waals surface area contributed by atoms with Crippen LogP contribution in [0.2, 0.25) is 0 Å². The van der Waals surface area contributed by atoms with Gasteiger partial charge in [0.1, 0.15) is 0 Å². The smallest absolute Gasteiger partial charge is 0.274 e. The van der Waals surface area contributed by atoms with Gasteiger partial charge in [0.2, 0.25) is 5.16 Å². The number of aromatic nitrogens is 2. The number of allylic oxidation sites excluding steroid dienone is 2. The summed E-state index contributed by atoms with van der Waals surface area (Å²) in [7, 11) is -3.46. The molecule has 98 valence electrons. The molecule has 1 heterocycles. The van der Waals surface area contributed by atoms with Crippen molar-refractivity contribution < 1.29 is 8.42 Å². The van der Waals surface area contributed by atoms with Crippen LogP contribution in [0.15, 0.2) is 29.7 Å². The molecule has 2 N–H and O–H groups in total. The zero-order valence-electron chi connectivity index (χ0n) is 10.0. The summed E-state index contributed by atoms with van der Waals surface area (Å²) in [6.45, 7) is 0.491. The summed E-state index contributed by atoms with van der Waals surface area (Å²) in [5, 5.41) is -0.00432. The largest absolute Gasteiger partial charge is 0.334 e. The number of hydrogen-bond donors (Lipinski definition) is 2. The van der Waals surface area contributed by atoms with Gasteiger partial charge in [0.15, 0.2) is 0 Å². The molecule has 2 aliphatic carbocycles. The number of imidazole rings is 1. The van der Waals surface area contributed by atoms with Crippen molar-refractivity contribution in [2.24, 2.45) is 17.8 Å². The zero-order valence-corrected chi connectivity index (χ0v) is 10.9. The Morgan fingerprint density at radius 2 is 2.28 bits per heavy atom. The molecule has 0 spiro atoms. The van der Waals surface area contributed by atoms with Crippen molar-refractivity contribution in [2.75, 3.05) is 6.54 Å². The predicted molar refractivity (Wildman–Crippen MR) is 67.2 cm³/mol. The van der Waals surface area contributed by atoms with Crippen molar-refractivity contribution in [3.63, 3.8) is 0 Å². The number of nitrogens with zero attached hydrogens (tertiary/aromatic N) is 1. The van der Waals surface area contributed by atoms with E-state index in [1.54, 1.807) is 0 Å². The van der Waals surface area contributed by atoms with Crippen LogP contribution in [0.5, 0.6) is 0 Å². The van der Waals surface area contributed by atoms with Crippen LogP contribution in [0.25, 0.3) is 0 Å². The lowest BCUT2D eigenvalue weighted by Gasteiger charge is -2.17. The highest BCUT2D eigenvalue weighted by molar-refractivity contribution is 7.89. The molecule has 18 heavy (non-hydrogen) atoms. The van der Waals surface area contributed by atoms with Crippen molar-refractivity contribution in [3.05, 3.63) is 24.5 Å². The first-order valence-corrected chi connectivity index (χ1v) is 7.81. The van der Waals surface area contributed by atoms with E-state index in [9.17, 15) is 8.42 Å². The number of hydrogen-bond acceptors (Lipinski definition) is 3. The number of H-pyrrole nitrogens is 1. The molecule has 1 aromatic rings. The molecule has 0 radical (unpaired) electrons. The average Bonchev–Trinajstić information content (AvgIpc) is 3.06. The molecule has 1 aromatic heterocycles. The second-order valence-corrected chi connectivity index (χ2v) is 6.80. The first-order chi connectivity index (χ1) is 8.65. The van der Waals surface area contributed by atoms with E-state index in [0.717, 1.165) is 12.3 Å². The number of nitrogens with one attached hydrogen (secondary N) is 2. The fourth-order valence-electron chi connectivity index (χ4n) is 3.07. The van der Waals surface area contributed by atoms with Gasteiger partial charge in [-0.25, -0.2) is 18.1 Å². The zero-order chi connectivity index (χ0) is 12.6. The molecule has 0 saturated heterocycles. The quantitative estimate of drug-likeness (QED) is 0.789. The third kappa shape index (κ3) is 2.22. The second kappa shape index (κ2) is 4.51. The van der Waals surface area contributed by atoms with Crippen LogP contribution in [0.3, 0.4) is 0 Å². The van der Waals surface area contributed by atoms with Crippen molar-refractivity contribution >= 4 is 10.0 Å². The lowest BCUT2D eigenvalue weighted by Crippen LogP contribution is -2.27. The van der Waals surface area contributed by atoms with Gasteiger partial charge in [0, 0.05) is 18.9 Å². The Morgan fingerprint density at radius 1 is 1.39 bits per heavy atom. The predicted octanol–water partition coefficient (Wildman–Crippen LogP) is 1.29. The number of rotatable bonds is 5. The average molecular weight is 267 g/mol. The third-order valence-electron chi connectivity index (χ3n) is 3.95. The summed E-state index contributed by atoms with van der Waals surface area (Å²) in [6.07, 6.45) is 10.9. The minimum Gasteiger partial charge on any atom is -0.334 e. The molecule has 0 unspecified atom stereocenters. The van der Waals surface area contributed by atoms with E-state index in [-0.39, 0.29) is 5.16 Å². The number of sulfonamides is 1. The molecule has 1 fully saturated rings. The molecule has 0 amide bonds. The summed E-state index contributed by atoms with van der Waals surface area (Å²) in [5.74, 6) is 2.05. The fourth-order valence-corrected chi connectivity index (χ4v) is 4.02. The Kier molecular flexibility index (Phi) is 2.99. The van der Waals surface area contributed by atoms with E-state index in [1.807, 2.05) is 0 Å². The standard InChI is InChI=1S/C12H17N3O2S/c16-18(17,12-13-5-6-14-12)15-4-3-11-8-9-1-2-10(11)7-9/h1-2,5-6,9-11,15H,3-4,7-8H2,(H,13,14)/t9-,10+,11-/m1/s1. The van der Waals surface area contributed by atoms with Crippen LogP contribution in [0.4, 0.5) is 0 Å². The summed E-state index contributed by atoms with van der Waals surface area (Å²) in [6, 6.07) is 0. The maximum Gasteiger partial charge on any atom is 0.274 e. The lowest BCUT2D eigenvalue weighted by atomic mass is 9.91. The maximum absolute atomic E-state index is 11.8. The van der Waals surface area contributed by atoms with E-state index in [4.69, 9.17) is 0 Å². The fraction of sp³-hybridized carbons (Fsp3) is 0.583. The van der Waals surface area contributed by atoms with Crippen LogP contribution in [0.1, 0.15) is 19.3 Å². The van der Waals surface area contributed by atoms with Crippen LogP contribution >= 0.6 is 0 Å². The van der Waals surface area contributed by atoms with E-state index in [0.29, 0.717) is 18.4 Å². The molecule has 1 saturated carbocycles. The molecule has 3 rings (SSSR count).